The van der Waals surface area contributed by atoms with Crippen molar-refractivity contribution in [3.63, 3.8) is 0 Å². The molecule has 2 aromatic rings. The van der Waals surface area contributed by atoms with Crippen molar-refractivity contribution in [1.29, 1.82) is 0 Å². The quantitative estimate of drug-likeness (QED) is 0.920. The van der Waals surface area contributed by atoms with Crippen LogP contribution in [0.25, 0.3) is 0 Å². The number of nitrogens with one attached hydrogen (secondary N) is 1. The third-order valence-electron chi connectivity index (χ3n) is 2.71. The molecule has 0 saturated heterocycles. The fraction of sp³-hybridized carbons (Fsp3) is 0.214. The van der Waals surface area contributed by atoms with Crippen LogP contribution < -0.4 is 9.62 Å². The Kier molecular flexibility index (Phi) is 4.24. The van der Waals surface area contributed by atoms with E-state index in [1.165, 1.54) is 6.20 Å². The maximum absolute atomic E-state index is 11.1. The normalized spacial score (nSPS) is 11.1. The SMILES string of the molecule is CCN(c1ccccc1)c1ccc(NS(C)(=O)=O)cn1. The first-order valence-electron chi connectivity index (χ1n) is 6.26. The zero-order valence-electron chi connectivity index (χ0n) is 11.4. The largest absolute Gasteiger partial charge is 0.327 e. The fourth-order valence-corrected chi connectivity index (χ4v) is 2.45. The molecule has 0 amide bonds. The van der Waals surface area contributed by atoms with Crippen molar-refractivity contribution in [3.8, 4) is 0 Å². The molecular formula is C14H17N3O2S. The topological polar surface area (TPSA) is 62.3 Å². The number of rotatable bonds is 5. The van der Waals surface area contributed by atoms with Gasteiger partial charge >= 0.3 is 0 Å². The molecule has 6 heteroatoms. The van der Waals surface area contributed by atoms with Crippen molar-refractivity contribution in [2.75, 3.05) is 22.4 Å². The summed E-state index contributed by atoms with van der Waals surface area (Å²) < 4.78 is 24.7. The third kappa shape index (κ3) is 3.71. The zero-order chi connectivity index (χ0) is 14.6. The summed E-state index contributed by atoms with van der Waals surface area (Å²) in [7, 11) is -3.27. The molecule has 0 aliphatic carbocycles. The van der Waals surface area contributed by atoms with E-state index >= 15 is 0 Å². The zero-order valence-corrected chi connectivity index (χ0v) is 12.3. The molecular weight excluding hydrogens is 274 g/mol. The molecule has 0 bridgehead atoms. The Bertz CT molecular complexity index is 655. The Morgan fingerprint density at radius 1 is 1.15 bits per heavy atom. The molecule has 0 aliphatic rings. The summed E-state index contributed by atoms with van der Waals surface area (Å²) in [5.41, 5.74) is 1.51. The highest BCUT2D eigenvalue weighted by Crippen LogP contribution is 2.23. The monoisotopic (exact) mass is 291 g/mol. The summed E-state index contributed by atoms with van der Waals surface area (Å²) in [6, 6.07) is 13.4. The molecule has 2 rings (SSSR count). The number of sulfonamides is 1. The molecule has 0 fully saturated rings. The fourth-order valence-electron chi connectivity index (χ4n) is 1.90. The number of aromatic nitrogens is 1. The van der Waals surface area contributed by atoms with E-state index < -0.39 is 10.0 Å². The van der Waals surface area contributed by atoms with Gasteiger partial charge in [-0.15, -0.1) is 0 Å². The number of pyridine rings is 1. The molecule has 1 N–H and O–H groups in total. The lowest BCUT2D eigenvalue weighted by Gasteiger charge is -2.22. The summed E-state index contributed by atoms with van der Waals surface area (Å²) in [4.78, 5) is 6.36. The predicted molar refractivity (Wildman–Crippen MR) is 81.8 cm³/mol. The molecule has 0 saturated carbocycles. The summed E-state index contributed by atoms with van der Waals surface area (Å²) in [5, 5.41) is 0. The van der Waals surface area contributed by atoms with Gasteiger partial charge in [0.15, 0.2) is 0 Å². The molecule has 0 aliphatic heterocycles. The first-order chi connectivity index (χ1) is 9.49. The summed E-state index contributed by atoms with van der Waals surface area (Å²) in [6.07, 6.45) is 2.63. The molecule has 0 atom stereocenters. The second kappa shape index (κ2) is 5.92. The van der Waals surface area contributed by atoms with Crippen molar-refractivity contribution in [3.05, 3.63) is 48.7 Å². The Balaban J connectivity index is 2.24. The van der Waals surface area contributed by atoms with Crippen LogP contribution in [0.1, 0.15) is 6.92 Å². The molecule has 0 spiro atoms. The van der Waals surface area contributed by atoms with Crippen LogP contribution in [0.3, 0.4) is 0 Å². The summed E-state index contributed by atoms with van der Waals surface area (Å²) >= 11 is 0. The van der Waals surface area contributed by atoms with Crippen LogP contribution in [0.15, 0.2) is 48.7 Å². The molecule has 0 unspecified atom stereocenters. The molecule has 5 nitrogen and oxygen atoms in total. The van der Waals surface area contributed by atoms with E-state index in [2.05, 4.69) is 9.71 Å². The van der Waals surface area contributed by atoms with E-state index in [4.69, 9.17) is 0 Å². The van der Waals surface area contributed by atoms with Crippen LogP contribution in [0.2, 0.25) is 0 Å². The standard InChI is InChI=1S/C14H17N3O2S/c1-3-17(13-7-5-4-6-8-13)14-10-9-12(11-15-14)16-20(2,18)19/h4-11,16H,3H2,1-2H3. The number of hydrogen-bond acceptors (Lipinski definition) is 4. The number of para-hydroxylation sites is 1. The highest BCUT2D eigenvalue weighted by atomic mass is 32.2. The van der Waals surface area contributed by atoms with Crippen molar-refractivity contribution >= 4 is 27.2 Å². The highest BCUT2D eigenvalue weighted by Gasteiger charge is 2.08. The third-order valence-corrected chi connectivity index (χ3v) is 3.32. The molecule has 1 aromatic heterocycles. The number of hydrogen-bond donors (Lipinski definition) is 1. The Hall–Kier alpha value is -2.08. The van der Waals surface area contributed by atoms with E-state index in [-0.39, 0.29) is 0 Å². The van der Waals surface area contributed by atoms with E-state index in [9.17, 15) is 8.42 Å². The van der Waals surface area contributed by atoms with Crippen LogP contribution in [-0.4, -0.2) is 26.2 Å². The summed E-state index contributed by atoms with van der Waals surface area (Å²) in [6.45, 7) is 2.81. The maximum atomic E-state index is 11.1. The van der Waals surface area contributed by atoms with Gasteiger partial charge in [0.1, 0.15) is 5.82 Å². The van der Waals surface area contributed by atoms with Gasteiger partial charge in [0.25, 0.3) is 0 Å². The van der Waals surface area contributed by atoms with Crippen molar-refractivity contribution in [1.82, 2.24) is 4.98 Å². The second-order valence-corrected chi connectivity index (χ2v) is 6.11. The maximum Gasteiger partial charge on any atom is 0.229 e. The van der Waals surface area contributed by atoms with Gasteiger partial charge in [-0.1, -0.05) is 18.2 Å². The first-order valence-corrected chi connectivity index (χ1v) is 8.15. The van der Waals surface area contributed by atoms with E-state index in [1.807, 2.05) is 42.2 Å². The Morgan fingerprint density at radius 2 is 1.85 bits per heavy atom. The van der Waals surface area contributed by atoms with Gasteiger partial charge < -0.3 is 4.90 Å². The van der Waals surface area contributed by atoms with Gasteiger partial charge in [-0.25, -0.2) is 13.4 Å². The van der Waals surface area contributed by atoms with Crippen molar-refractivity contribution in [2.24, 2.45) is 0 Å². The Labute approximate surface area is 119 Å². The number of benzene rings is 1. The van der Waals surface area contributed by atoms with Crippen molar-refractivity contribution < 1.29 is 8.42 Å². The minimum absolute atomic E-state index is 0.459. The lowest BCUT2D eigenvalue weighted by atomic mass is 10.3. The van der Waals surface area contributed by atoms with Gasteiger partial charge in [-0.2, -0.15) is 0 Å². The first kappa shape index (κ1) is 14.3. The number of nitrogens with zero attached hydrogens (tertiary/aromatic N) is 2. The number of anilines is 3. The van der Waals surface area contributed by atoms with E-state index in [0.29, 0.717) is 5.69 Å². The molecule has 20 heavy (non-hydrogen) atoms. The van der Waals surface area contributed by atoms with Crippen LogP contribution in [0, 0.1) is 0 Å². The van der Waals surface area contributed by atoms with Crippen LogP contribution in [0.4, 0.5) is 17.2 Å². The molecule has 1 aromatic carbocycles. The van der Waals surface area contributed by atoms with Crippen LogP contribution in [-0.2, 0) is 10.0 Å². The van der Waals surface area contributed by atoms with Crippen LogP contribution >= 0.6 is 0 Å². The van der Waals surface area contributed by atoms with Gasteiger partial charge in [-0.05, 0) is 31.2 Å². The average molecular weight is 291 g/mol. The predicted octanol–water partition coefficient (Wildman–Crippen LogP) is 2.61. The van der Waals surface area contributed by atoms with Crippen LogP contribution in [0.5, 0.6) is 0 Å². The van der Waals surface area contributed by atoms with Gasteiger partial charge in [0, 0.05) is 12.2 Å². The highest BCUT2D eigenvalue weighted by molar-refractivity contribution is 7.92. The van der Waals surface area contributed by atoms with Gasteiger partial charge in [-0.3, -0.25) is 4.72 Å². The Morgan fingerprint density at radius 3 is 2.35 bits per heavy atom. The summed E-state index contributed by atoms with van der Waals surface area (Å²) in [5.74, 6) is 0.776. The molecule has 106 valence electrons. The minimum atomic E-state index is -3.27. The molecule has 1 heterocycles. The minimum Gasteiger partial charge on any atom is -0.327 e. The van der Waals surface area contributed by atoms with Crippen molar-refractivity contribution in [2.45, 2.75) is 6.92 Å². The van der Waals surface area contributed by atoms with Gasteiger partial charge in [0.05, 0.1) is 18.1 Å². The smallest absolute Gasteiger partial charge is 0.229 e. The molecule has 0 radical (unpaired) electrons. The van der Waals surface area contributed by atoms with Gasteiger partial charge in [0.2, 0.25) is 10.0 Å². The average Bonchev–Trinajstić information content (AvgIpc) is 2.41. The second-order valence-electron chi connectivity index (χ2n) is 4.36. The lowest BCUT2D eigenvalue weighted by molar-refractivity contribution is 0.607. The lowest BCUT2D eigenvalue weighted by Crippen LogP contribution is -2.17. The van der Waals surface area contributed by atoms with E-state index in [0.717, 1.165) is 24.3 Å². The van der Waals surface area contributed by atoms with E-state index in [1.54, 1.807) is 12.1 Å².